The van der Waals surface area contributed by atoms with Gasteiger partial charge in [0.25, 0.3) is 0 Å². The number of phenolic OH excluding ortho intramolecular Hbond substituents is 1. The number of hydrogen-bond donors (Lipinski definition) is 3. The van der Waals surface area contributed by atoms with Crippen LogP contribution in [0.3, 0.4) is 0 Å². The first kappa shape index (κ1) is 11.1. The molecule has 1 rings (SSSR count). The van der Waals surface area contributed by atoms with Crippen molar-refractivity contribution < 1.29 is 20.1 Å². The first-order chi connectivity index (χ1) is 7.04. The molecular formula is C9H9NO5. The van der Waals surface area contributed by atoms with Crippen molar-refractivity contribution in [3.05, 3.63) is 28.7 Å². The van der Waals surface area contributed by atoms with Crippen LogP contribution in [0.4, 0.5) is 5.69 Å². The van der Waals surface area contributed by atoms with Crippen LogP contribution < -0.4 is 0 Å². The van der Waals surface area contributed by atoms with Crippen molar-refractivity contribution >= 4 is 11.7 Å². The Morgan fingerprint density at radius 2 is 2.13 bits per heavy atom. The average Bonchev–Trinajstić information content (AvgIpc) is 2.20. The van der Waals surface area contributed by atoms with Gasteiger partial charge in [-0.1, -0.05) is 6.07 Å². The van der Waals surface area contributed by atoms with E-state index in [9.17, 15) is 9.70 Å². The fourth-order valence-corrected chi connectivity index (χ4v) is 1.08. The molecule has 3 N–H and O–H groups in total. The van der Waals surface area contributed by atoms with Crippen molar-refractivity contribution in [3.63, 3.8) is 0 Å². The van der Waals surface area contributed by atoms with E-state index < -0.39 is 12.1 Å². The van der Waals surface area contributed by atoms with Gasteiger partial charge in [0.2, 0.25) is 0 Å². The number of carbonyl (C=O) groups is 1. The largest absolute Gasteiger partial charge is 0.506 e. The second-order valence-electron chi connectivity index (χ2n) is 2.97. The summed E-state index contributed by atoms with van der Waals surface area (Å²) < 4.78 is 0. The van der Waals surface area contributed by atoms with Crippen LogP contribution in [0.1, 0.15) is 5.56 Å². The smallest absolute Gasteiger partial charge is 0.332 e. The van der Waals surface area contributed by atoms with E-state index in [1.165, 1.54) is 18.2 Å². The summed E-state index contributed by atoms with van der Waals surface area (Å²) in [5, 5.41) is 29.1. The fourth-order valence-electron chi connectivity index (χ4n) is 1.08. The molecule has 0 spiro atoms. The summed E-state index contributed by atoms with van der Waals surface area (Å²) in [4.78, 5) is 20.6. The summed E-state index contributed by atoms with van der Waals surface area (Å²) >= 11 is 0. The first-order valence-electron chi connectivity index (χ1n) is 4.10. The highest BCUT2D eigenvalue weighted by Crippen LogP contribution is 2.27. The van der Waals surface area contributed by atoms with Crippen LogP contribution in [-0.2, 0) is 11.2 Å². The molecule has 0 heterocycles. The molecule has 0 aliphatic rings. The Balaban J connectivity index is 2.87. The Morgan fingerprint density at radius 3 is 2.67 bits per heavy atom. The lowest BCUT2D eigenvalue weighted by Crippen LogP contribution is -2.21. The number of hydrogen-bond acceptors (Lipinski definition) is 5. The van der Waals surface area contributed by atoms with Gasteiger partial charge in [0, 0.05) is 6.42 Å². The highest BCUT2D eigenvalue weighted by molar-refractivity contribution is 5.72. The Kier molecular flexibility index (Phi) is 3.35. The second kappa shape index (κ2) is 4.52. The predicted octanol–water partition coefficient (Wildman–Crippen LogP) is 0.778. The summed E-state index contributed by atoms with van der Waals surface area (Å²) in [6, 6.07) is 3.87. The zero-order valence-electron chi connectivity index (χ0n) is 7.62. The molecule has 0 fully saturated rings. The van der Waals surface area contributed by atoms with E-state index in [0.29, 0.717) is 5.56 Å². The maximum atomic E-state index is 10.3. The third-order valence-electron chi connectivity index (χ3n) is 1.85. The molecular weight excluding hydrogens is 202 g/mol. The number of nitrogens with zero attached hydrogens (tertiary/aromatic N) is 1. The number of benzene rings is 1. The van der Waals surface area contributed by atoms with Crippen LogP contribution in [0.5, 0.6) is 5.75 Å². The van der Waals surface area contributed by atoms with E-state index in [1.807, 2.05) is 0 Å². The number of aliphatic hydroxyl groups is 1. The monoisotopic (exact) mass is 211 g/mol. The number of carboxylic acids is 1. The lowest BCUT2D eigenvalue weighted by molar-refractivity contribution is -0.146. The molecule has 15 heavy (non-hydrogen) atoms. The molecule has 0 aliphatic heterocycles. The third kappa shape index (κ3) is 2.75. The zero-order valence-corrected chi connectivity index (χ0v) is 7.62. The standard InChI is InChI=1S/C9H9NO5/c11-7-2-1-5(3-6(7)10-15)4-8(12)9(13)14/h1-3,8,11-12H,4H2,(H,13,14). The van der Waals surface area contributed by atoms with E-state index >= 15 is 0 Å². The summed E-state index contributed by atoms with van der Waals surface area (Å²) in [6.45, 7) is 0. The van der Waals surface area contributed by atoms with Gasteiger partial charge in [0.15, 0.2) is 6.10 Å². The molecule has 0 amide bonds. The van der Waals surface area contributed by atoms with Gasteiger partial charge in [-0.2, -0.15) is 0 Å². The van der Waals surface area contributed by atoms with E-state index in [-0.39, 0.29) is 17.9 Å². The quantitative estimate of drug-likeness (QED) is 0.638. The van der Waals surface area contributed by atoms with Gasteiger partial charge in [-0.3, -0.25) is 0 Å². The summed E-state index contributed by atoms with van der Waals surface area (Å²) in [6.07, 6.45) is -1.67. The van der Waals surface area contributed by atoms with Gasteiger partial charge in [0.05, 0.1) is 0 Å². The summed E-state index contributed by atoms with van der Waals surface area (Å²) in [7, 11) is 0. The molecule has 6 nitrogen and oxygen atoms in total. The summed E-state index contributed by atoms with van der Waals surface area (Å²) in [5.74, 6) is -1.62. The molecule has 6 heteroatoms. The molecule has 1 unspecified atom stereocenters. The second-order valence-corrected chi connectivity index (χ2v) is 2.97. The van der Waals surface area contributed by atoms with Crippen molar-refractivity contribution in [2.45, 2.75) is 12.5 Å². The number of aliphatic hydroxyl groups excluding tert-OH is 1. The fraction of sp³-hybridized carbons (Fsp3) is 0.222. The predicted molar refractivity (Wildman–Crippen MR) is 50.9 cm³/mol. The van der Waals surface area contributed by atoms with E-state index in [0.717, 1.165) is 0 Å². The summed E-state index contributed by atoms with van der Waals surface area (Å²) in [5.41, 5.74) is 0.238. The van der Waals surface area contributed by atoms with Gasteiger partial charge in [-0.05, 0) is 22.9 Å². The molecule has 0 saturated heterocycles. The van der Waals surface area contributed by atoms with Gasteiger partial charge < -0.3 is 15.3 Å². The van der Waals surface area contributed by atoms with Gasteiger partial charge in [-0.15, -0.1) is 4.91 Å². The lowest BCUT2D eigenvalue weighted by Gasteiger charge is -2.05. The van der Waals surface area contributed by atoms with Crippen molar-refractivity contribution in [2.75, 3.05) is 0 Å². The van der Waals surface area contributed by atoms with Crippen molar-refractivity contribution in [3.8, 4) is 5.75 Å². The van der Waals surface area contributed by atoms with Crippen LogP contribution >= 0.6 is 0 Å². The third-order valence-corrected chi connectivity index (χ3v) is 1.85. The highest BCUT2D eigenvalue weighted by Gasteiger charge is 2.14. The van der Waals surface area contributed by atoms with Gasteiger partial charge in [0.1, 0.15) is 11.4 Å². The number of nitroso groups, excluding NO2 is 1. The number of carboxylic acid groups (broad SMARTS) is 1. The normalized spacial score (nSPS) is 12.1. The van der Waals surface area contributed by atoms with E-state index in [4.69, 9.17) is 15.3 Å². The topological polar surface area (TPSA) is 107 Å². The molecule has 0 saturated carbocycles. The maximum absolute atomic E-state index is 10.3. The van der Waals surface area contributed by atoms with Crippen LogP contribution in [0.2, 0.25) is 0 Å². The average molecular weight is 211 g/mol. The van der Waals surface area contributed by atoms with Crippen LogP contribution in [0.15, 0.2) is 23.4 Å². The molecule has 1 atom stereocenters. The van der Waals surface area contributed by atoms with Crippen LogP contribution in [0, 0.1) is 4.91 Å². The minimum absolute atomic E-state index is 0.141. The minimum atomic E-state index is -1.53. The van der Waals surface area contributed by atoms with E-state index in [1.54, 1.807) is 0 Å². The van der Waals surface area contributed by atoms with Crippen LogP contribution in [0.25, 0.3) is 0 Å². The van der Waals surface area contributed by atoms with Crippen molar-refractivity contribution in [1.29, 1.82) is 0 Å². The number of aromatic hydroxyl groups is 1. The van der Waals surface area contributed by atoms with Gasteiger partial charge in [-0.25, -0.2) is 4.79 Å². The Hall–Kier alpha value is -1.95. The molecule has 0 bridgehead atoms. The first-order valence-corrected chi connectivity index (χ1v) is 4.10. The molecule has 80 valence electrons. The molecule has 0 aliphatic carbocycles. The zero-order chi connectivity index (χ0) is 11.4. The SMILES string of the molecule is O=Nc1cc(CC(O)C(=O)O)ccc1O. The molecule has 0 aromatic heterocycles. The highest BCUT2D eigenvalue weighted by atomic mass is 16.4. The van der Waals surface area contributed by atoms with Crippen molar-refractivity contribution in [2.24, 2.45) is 5.18 Å². The molecule has 0 radical (unpaired) electrons. The Bertz CT molecular complexity index is 390. The van der Waals surface area contributed by atoms with Gasteiger partial charge >= 0.3 is 5.97 Å². The van der Waals surface area contributed by atoms with E-state index in [2.05, 4.69) is 5.18 Å². The maximum Gasteiger partial charge on any atom is 0.332 e. The lowest BCUT2D eigenvalue weighted by atomic mass is 10.1. The Labute approximate surface area is 84.8 Å². The van der Waals surface area contributed by atoms with Crippen LogP contribution in [-0.4, -0.2) is 27.4 Å². The molecule has 1 aromatic carbocycles. The van der Waals surface area contributed by atoms with Crippen molar-refractivity contribution in [1.82, 2.24) is 0 Å². The number of phenols is 1. The Morgan fingerprint density at radius 1 is 1.47 bits per heavy atom. The number of aliphatic carboxylic acids is 1. The molecule has 1 aromatic rings. The minimum Gasteiger partial charge on any atom is -0.506 e. The number of rotatable bonds is 4.